The van der Waals surface area contributed by atoms with Gasteiger partial charge in [-0.1, -0.05) is 44.2 Å². The van der Waals surface area contributed by atoms with Crippen LogP contribution in [0.2, 0.25) is 0 Å². The van der Waals surface area contributed by atoms with Crippen LogP contribution in [0.4, 0.5) is 0 Å². The predicted molar refractivity (Wildman–Crippen MR) is 137 cm³/mol. The average Bonchev–Trinajstić information content (AvgIpc) is 3.06. The van der Waals surface area contributed by atoms with Crippen molar-refractivity contribution < 1.29 is 34.7 Å². The quantitative estimate of drug-likeness (QED) is 0.148. The maximum atomic E-state index is 10.0. The van der Waals surface area contributed by atoms with E-state index in [4.69, 9.17) is 14.8 Å². The van der Waals surface area contributed by atoms with Crippen molar-refractivity contribution in [1.29, 1.82) is 0 Å². The van der Waals surface area contributed by atoms with Gasteiger partial charge in [-0.2, -0.15) is 0 Å². The Morgan fingerprint density at radius 1 is 1.00 bits per heavy atom. The number of allylic oxidation sites excluding steroid dienone is 2. The SMILES string of the molecule is CC(=O)/C=C(/C)O.COc1cccc2c1C(C)(C)c1c(-c3[c-]cccc3)nc3ccccc3c1-2.[Ir]. The Kier molecular flexibility index (Phi) is 7.94. The summed E-state index contributed by atoms with van der Waals surface area (Å²) in [5.41, 5.74) is 7.83. The Labute approximate surface area is 220 Å². The summed E-state index contributed by atoms with van der Waals surface area (Å²) in [7, 11) is 1.75. The van der Waals surface area contributed by atoms with Crippen LogP contribution < -0.4 is 4.74 Å². The van der Waals surface area contributed by atoms with Gasteiger partial charge in [-0.15, -0.1) is 35.9 Å². The van der Waals surface area contributed by atoms with E-state index in [1.807, 2.05) is 24.3 Å². The van der Waals surface area contributed by atoms with E-state index in [2.05, 4.69) is 62.4 Å². The molecule has 4 aromatic rings. The molecule has 0 atom stereocenters. The predicted octanol–water partition coefficient (Wildman–Crippen LogP) is 7.05. The molecule has 0 aliphatic heterocycles. The van der Waals surface area contributed by atoms with Crippen LogP contribution in [0.1, 0.15) is 38.8 Å². The average molecular weight is 643 g/mol. The zero-order chi connectivity index (χ0) is 24.5. The van der Waals surface area contributed by atoms with Gasteiger partial charge >= 0.3 is 0 Å². The van der Waals surface area contributed by atoms with Crippen molar-refractivity contribution in [1.82, 2.24) is 4.98 Å². The van der Waals surface area contributed by atoms with E-state index in [9.17, 15) is 4.79 Å². The van der Waals surface area contributed by atoms with Crippen molar-refractivity contribution in [3.05, 3.63) is 95.8 Å². The molecule has 1 N–H and O–H groups in total. The number of ketones is 1. The van der Waals surface area contributed by atoms with Gasteiger partial charge in [0.25, 0.3) is 0 Å². The molecule has 4 nitrogen and oxygen atoms in total. The zero-order valence-electron chi connectivity index (χ0n) is 20.5. The first-order valence-electron chi connectivity index (χ1n) is 11.2. The second-order valence-corrected chi connectivity index (χ2v) is 8.91. The molecule has 181 valence electrons. The minimum atomic E-state index is -0.215. The number of hydrogen-bond acceptors (Lipinski definition) is 4. The fourth-order valence-corrected chi connectivity index (χ4v) is 4.81. The largest absolute Gasteiger partial charge is 0.512 e. The van der Waals surface area contributed by atoms with Gasteiger partial charge in [0, 0.05) is 42.5 Å². The molecule has 0 unspecified atom stereocenters. The monoisotopic (exact) mass is 643 g/mol. The molecule has 0 spiro atoms. The van der Waals surface area contributed by atoms with Gasteiger partial charge in [-0.3, -0.25) is 9.78 Å². The van der Waals surface area contributed by atoms with E-state index >= 15 is 0 Å². The van der Waals surface area contributed by atoms with Crippen molar-refractivity contribution in [2.75, 3.05) is 7.11 Å². The van der Waals surface area contributed by atoms with Gasteiger partial charge in [-0.05, 0) is 48.4 Å². The van der Waals surface area contributed by atoms with Crippen molar-refractivity contribution in [2.45, 2.75) is 33.1 Å². The molecule has 0 fully saturated rings. The number of pyridine rings is 1. The number of hydrogen-bond donors (Lipinski definition) is 1. The molecular weight excluding hydrogens is 615 g/mol. The molecule has 0 amide bonds. The summed E-state index contributed by atoms with van der Waals surface area (Å²) in [5, 5.41) is 9.55. The summed E-state index contributed by atoms with van der Waals surface area (Å²) >= 11 is 0. The molecule has 35 heavy (non-hydrogen) atoms. The number of aromatic nitrogens is 1. The molecule has 1 aromatic heterocycles. The summed E-state index contributed by atoms with van der Waals surface area (Å²) in [6, 6.07) is 26.2. The molecule has 1 aliphatic rings. The third kappa shape index (κ3) is 4.93. The standard InChI is InChI=1S/C25H20NO.C5H8O2.Ir/c1-25(2)22-18(13-9-15-20(22)27-3)21-17-12-7-8-14-19(17)26-24(23(21)25)16-10-5-4-6-11-16;1-4(6)3-5(2)7;/h4-10,12-15H,1-3H3;3,6H,1-2H3;/q-1;;/b;4-3-;. The Hall–Kier alpha value is -3.27. The van der Waals surface area contributed by atoms with E-state index in [-0.39, 0.29) is 37.1 Å². The first kappa shape index (κ1) is 26.3. The number of aliphatic hydroxyl groups excluding tert-OH is 1. The van der Waals surface area contributed by atoms with Crippen molar-refractivity contribution in [3.8, 4) is 28.1 Å². The molecule has 1 radical (unpaired) electrons. The number of rotatable bonds is 3. The number of ether oxygens (including phenoxy) is 1. The van der Waals surface area contributed by atoms with Crippen LogP contribution in [-0.2, 0) is 30.3 Å². The van der Waals surface area contributed by atoms with Crippen LogP contribution in [0.25, 0.3) is 33.3 Å². The molecule has 1 heterocycles. The van der Waals surface area contributed by atoms with Crippen molar-refractivity contribution >= 4 is 16.7 Å². The normalized spacial score (nSPS) is 13.1. The number of para-hydroxylation sites is 1. The Balaban J connectivity index is 0.000000378. The number of fused-ring (bicyclic) bond motifs is 5. The molecular formula is C30H28IrNO3-. The minimum absolute atomic E-state index is 0. The summed E-state index contributed by atoms with van der Waals surface area (Å²) in [5.74, 6) is 0.869. The Morgan fingerprint density at radius 2 is 1.71 bits per heavy atom. The topological polar surface area (TPSA) is 59.4 Å². The van der Waals surface area contributed by atoms with E-state index in [1.165, 1.54) is 47.6 Å². The third-order valence-corrected chi connectivity index (χ3v) is 6.03. The maximum absolute atomic E-state index is 10.0. The van der Waals surface area contributed by atoms with Gasteiger partial charge in [-0.25, -0.2) is 0 Å². The van der Waals surface area contributed by atoms with E-state index in [0.717, 1.165) is 22.5 Å². The number of aliphatic hydroxyl groups is 1. The van der Waals surface area contributed by atoms with Crippen LogP contribution in [0.3, 0.4) is 0 Å². The van der Waals surface area contributed by atoms with Gasteiger partial charge in [0.2, 0.25) is 0 Å². The molecule has 0 saturated carbocycles. The maximum Gasteiger partial charge on any atom is 0.155 e. The second-order valence-electron chi connectivity index (χ2n) is 8.91. The molecule has 5 heteroatoms. The van der Waals surface area contributed by atoms with E-state index in [1.54, 1.807) is 7.11 Å². The first-order valence-corrected chi connectivity index (χ1v) is 11.2. The summed E-state index contributed by atoms with van der Waals surface area (Å²) < 4.78 is 5.75. The number of carbonyl (C=O) groups excluding carboxylic acids is 1. The zero-order valence-corrected chi connectivity index (χ0v) is 22.9. The third-order valence-electron chi connectivity index (χ3n) is 6.03. The second kappa shape index (κ2) is 10.6. The number of methoxy groups -OCH3 is 1. The summed E-state index contributed by atoms with van der Waals surface area (Å²) in [6.07, 6.45) is 1.17. The van der Waals surface area contributed by atoms with Crippen LogP contribution in [0, 0.1) is 6.07 Å². The number of nitrogens with zero attached hydrogens (tertiary/aromatic N) is 1. The summed E-state index contributed by atoms with van der Waals surface area (Å²) in [4.78, 5) is 15.1. The fraction of sp³-hybridized carbons (Fsp3) is 0.200. The summed E-state index contributed by atoms with van der Waals surface area (Å²) in [6.45, 7) is 7.38. The van der Waals surface area contributed by atoms with Crippen LogP contribution in [0.5, 0.6) is 5.75 Å². The van der Waals surface area contributed by atoms with E-state index in [0.29, 0.717) is 0 Å². The minimum Gasteiger partial charge on any atom is -0.512 e. The van der Waals surface area contributed by atoms with Gasteiger partial charge in [0.15, 0.2) is 5.78 Å². The number of benzene rings is 3. The van der Waals surface area contributed by atoms with Gasteiger partial charge in [0.1, 0.15) is 5.75 Å². The van der Waals surface area contributed by atoms with Crippen molar-refractivity contribution in [3.63, 3.8) is 0 Å². The molecule has 0 bridgehead atoms. The van der Waals surface area contributed by atoms with Crippen molar-refractivity contribution in [2.24, 2.45) is 0 Å². The fourth-order valence-electron chi connectivity index (χ4n) is 4.81. The number of carbonyl (C=O) groups is 1. The smallest absolute Gasteiger partial charge is 0.155 e. The van der Waals surface area contributed by atoms with E-state index < -0.39 is 0 Å². The van der Waals surface area contributed by atoms with Gasteiger partial charge in [0.05, 0.1) is 18.4 Å². The van der Waals surface area contributed by atoms with Crippen LogP contribution in [-0.4, -0.2) is 23.0 Å². The first-order chi connectivity index (χ1) is 16.3. The molecule has 0 saturated heterocycles. The Morgan fingerprint density at radius 3 is 2.31 bits per heavy atom. The molecule has 1 aliphatic carbocycles. The van der Waals surface area contributed by atoms with Crippen LogP contribution in [0.15, 0.2) is 78.6 Å². The van der Waals surface area contributed by atoms with Gasteiger partial charge < -0.3 is 9.84 Å². The van der Waals surface area contributed by atoms with Crippen LogP contribution >= 0.6 is 0 Å². The Bertz CT molecular complexity index is 1400. The molecule has 5 rings (SSSR count). The molecule has 3 aromatic carbocycles.